The molecule has 0 spiro atoms. The number of nitrogens with one attached hydrogen (secondary N) is 1. The first-order valence-electron chi connectivity index (χ1n) is 7.62. The van der Waals surface area contributed by atoms with Crippen LogP contribution in [0.2, 0.25) is 0 Å². The van der Waals surface area contributed by atoms with Gasteiger partial charge in [-0.15, -0.1) is 0 Å². The van der Waals surface area contributed by atoms with Crippen LogP contribution in [-0.4, -0.2) is 28.0 Å². The van der Waals surface area contributed by atoms with Gasteiger partial charge in [0.05, 0.1) is 0 Å². The van der Waals surface area contributed by atoms with Crippen molar-refractivity contribution in [2.45, 2.75) is 51.5 Å². The highest BCUT2D eigenvalue weighted by Gasteiger charge is 2.28. The molecular weight excluding hydrogens is 268 g/mol. The van der Waals surface area contributed by atoms with Crippen LogP contribution in [0.5, 0.6) is 0 Å². The van der Waals surface area contributed by atoms with E-state index < -0.39 is 5.97 Å². The van der Waals surface area contributed by atoms with E-state index in [9.17, 15) is 9.59 Å². The highest BCUT2D eigenvalue weighted by atomic mass is 16.4. The molecule has 1 amide bonds. The average Bonchev–Trinajstić information content (AvgIpc) is 2.42. The van der Waals surface area contributed by atoms with Gasteiger partial charge in [-0.2, -0.15) is 0 Å². The number of hydrogen-bond acceptors (Lipinski definition) is 3. The first-order valence-corrected chi connectivity index (χ1v) is 7.62. The van der Waals surface area contributed by atoms with E-state index in [-0.39, 0.29) is 17.6 Å². The van der Waals surface area contributed by atoms with Crippen LogP contribution in [0.4, 0.5) is 0 Å². The second kappa shape index (κ2) is 7.20. The van der Waals surface area contributed by atoms with E-state index in [4.69, 9.17) is 5.11 Å². The number of carboxylic acids is 1. The smallest absolute Gasteiger partial charge is 0.354 e. The van der Waals surface area contributed by atoms with Gasteiger partial charge in [-0.25, -0.2) is 9.78 Å². The molecule has 1 saturated carbocycles. The Bertz CT molecular complexity index is 512. The summed E-state index contributed by atoms with van der Waals surface area (Å²) >= 11 is 0. The number of nitrogens with zero attached hydrogens (tertiary/aromatic N) is 1. The van der Waals surface area contributed by atoms with Crippen LogP contribution in [0.3, 0.4) is 0 Å². The summed E-state index contributed by atoms with van der Waals surface area (Å²) in [7, 11) is 0. The third-order valence-corrected chi connectivity index (χ3v) is 4.15. The van der Waals surface area contributed by atoms with Crippen LogP contribution in [0.25, 0.3) is 0 Å². The van der Waals surface area contributed by atoms with Gasteiger partial charge in [0.15, 0.2) is 0 Å². The lowest BCUT2D eigenvalue weighted by atomic mass is 9.78. The maximum Gasteiger partial charge on any atom is 0.354 e. The third-order valence-electron chi connectivity index (χ3n) is 4.15. The first kappa shape index (κ1) is 15.5. The highest BCUT2D eigenvalue weighted by Crippen LogP contribution is 2.31. The second-order valence-electron chi connectivity index (χ2n) is 5.65. The molecule has 1 unspecified atom stereocenters. The second-order valence-corrected chi connectivity index (χ2v) is 5.65. The van der Waals surface area contributed by atoms with Crippen molar-refractivity contribution in [2.75, 3.05) is 0 Å². The van der Waals surface area contributed by atoms with E-state index in [1.54, 1.807) is 6.07 Å². The molecule has 1 aliphatic carbocycles. The molecule has 5 heteroatoms. The summed E-state index contributed by atoms with van der Waals surface area (Å²) < 4.78 is 0. The molecule has 1 aliphatic rings. The van der Waals surface area contributed by atoms with Gasteiger partial charge in [0.1, 0.15) is 5.69 Å². The van der Waals surface area contributed by atoms with Gasteiger partial charge in [0.25, 0.3) is 5.91 Å². The van der Waals surface area contributed by atoms with Gasteiger partial charge >= 0.3 is 5.97 Å². The normalized spacial score (nSPS) is 16.0. The van der Waals surface area contributed by atoms with Gasteiger partial charge in [0.2, 0.25) is 0 Å². The third kappa shape index (κ3) is 4.03. The predicted molar refractivity (Wildman–Crippen MR) is 79.3 cm³/mol. The lowest BCUT2D eigenvalue weighted by Gasteiger charge is -2.34. The van der Waals surface area contributed by atoms with E-state index in [1.165, 1.54) is 31.5 Å². The molecule has 21 heavy (non-hydrogen) atoms. The van der Waals surface area contributed by atoms with E-state index in [0.717, 1.165) is 19.3 Å². The summed E-state index contributed by atoms with van der Waals surface area (Å²) in [6.45, 7) is 2.14. The minimum Gasteiger partial charge on any atom is -0.477 e. The number of unbranched alkanes of at least 4 members (excludes halogenated alkanes) is 1. The Kier molecular flexibility index (Phi) is 5.31. The molecule has 1 aromatic heterocycles. The molecule has 0 bridgehead atoms. The molecule has 2 rings (SSSR count). The summed E-state index contributed by atoms with van der Waals surface area (Å²) in [5.74, 6) is -0.750. The van der Waals surface area contributed by atoms with E-state index in [1.807, 2.05) is 0 Å². The van der Waals surface area contributed by atoms with Gasteiger partial charge in [0, 0.05) is 17.8 Å². The first-order chi connectivity index (χ1) is 10.1. The number of pyridine rings is 1. The van der Waals surface area contributed by atoms with E-state index >= 15 is 0 Å². The van der Waals surface area contributed by atoms with Crippen LogP contribution in [0.15, 0.2) is 18.3 Å². The molecule has 0 aromatic carbocycles. The number of rotatable bonds is 7. The fraction of sp³-hybridized carbons (Fsp3) is 0.562. The molecule has 2 N–H and O–H groups in total. The van der Waals surface area contributed by atoms with Crippen LogP contribution in [-0.2, 0) is 0 Å². The lowest BCUT2D eigenvalue weighted by molar-refractivity contribution is 0.0690. The number of amides is 1. The fourth-order valence-electron chi connectivity index (χ4n) is 2.63. The Balaban J connectivity index is 2.03. The van der Waals surface area contributed by atoms with Crippen molar-refractivity contribution in [3.05, 3.63) is 29.6 Å². The van der Waals surface area contributed by atoms with Crippen molar-refractivity contribution in [1.29, 1.82) is 0 Å². The standard InChI is InChI=1S/C16H22N2O3/c1-2-3-7-13(11-5-4-6-11)18-15(19)12-8-9-17-14(10-12)16(20)21/h8-11,13H,2-7H2,1H3,(H,18,19)(H,20,21). The molecule has 1 fully saturated rings. The minimum atomic E-state index is -1.12. The summed E-state index contributed by atoms with van der Waals surface area (Å²) in [5, 5.41) is 12.0. The number of carbonyl (C=O) groups is 2. The maximum absolute atomic E-state index is 12.3. The highest BCUT2D eigenvalue weighted by molar-refractivity contribution is 5.96. The molecule has 0 saturated heterocycles. The zero-order valence-electron chi connectivity index (χ0n) is 12.3. The summed E-state index contributed by atoms with van der Waals surface area (Å²) in [6.07, 6.45) is 8.14. The van der Waals surface area contributed by atoms with Crippen LogP contribution >= 0.6 is 0 Å². The molecule has 0 aliphatic heterocycles. The van der Waals surface area contributed by atoms with Crippen molar-refractivity contribution in [3.63, 3.8) is 0 Å². The minimum absolute atomic E-state index is 0.101. The van der Waals surface area contributed by atoms with Gasteiger partial charge < -0.3 is 10.4 Å². The molecular formula is C16H22N2O3. The van der Waals surface area contributed by atoms with Gasteiger partial charge in [-0.05, 0) is 37.3 Å². The number of hydrogen-bond donors (Lipinski definition) is 2. The Labute approximate surface area is 124 Å². The van der Waals surface area contributed by atoms with Crippen molar-refractivity contribution in [3.8, 4) is 0 Å². The maximum atomic E-state index is 12.3. The monoisotopic (exact) mass is 290 g/mol. The van der Waals surface area contributed by atoms with Crippen molar-refractivity contribution in [1.82, 2.24) is 10.3 Å². The van der Waals surface area contributed by atoms with Crippen LogP contribution in [0.1, 0.15) is 66.3 Å². The van der Waals surface area contributed by atoms with E-state index in [2.05, 4.69) is 17.2 Å². The van der Waals surface area contributed by atoms with Crippen LogP contribution < -0.4 is 5.32 Å². The topological polar surface area (TPSA) is 79.3 Å². The fourth-order valence-corrected chi connectivity index (χ4v) is 2.63. The molecule has 5 nitrogen and oxygen atoms in total. The number of aromatic carboxylic acids is 1. The molecule has 1 atom stereocenters. The number of carboxylic acid groups (broad SMARTS) is 1. The quantitative estimate of drug-likeness (QED) is 0.809. The zero-order valence-corrected chi connectivity index (χ0v) is 12.3. The predicted octanol–water partition coefficient (Wildman–Crippen LogP) is 2.87. The molecule has 1 heterocycles. The zero-order chi connectivity index (χ0) is 15.2. The van der Waals surface area contributed by atoms with Crippen molar-refractivity contribution >= 4 is 11.9 Å². The summed E-state index contributed by atoms with van der Waals surface area (Å²) in [5.41, 5.74) is 0.264. The average molecular weight is 290 g/mol. The molecule has 1 aromatic rings. The van der Waals surface area contributed by atoms with Crippen LogP contribution in [0, 0.1) is 5.92 Å². The van der Waals surface area contributed by atoms with Crippen molar-refractivity contribution in [2.24, 2.45) is 5.92 Å². The number of aromatic nitrogens is 1. The van der Waals surface area contributed by atoms with Crippen molar-refractivity contribution < 1.29 is 14.7 Å². The Morgan fingerprint density at radius 2 is 2.24 bits per heavy atom. The molecule has 114 valence electrons. The van der Waals surface area contributed by atoms with Gasteiger partial charge in [-0.1, -0.05) is 26.2 Å². The summed E-state index contributed by atoms with van der Waals surface area (Å²) in [6, 6.07) is 3.09. The van der Waals surface area contributed by atoms with Gasteiger partial charge in [-0.3, -0.25) is 4.79 Å². The summed E-state index contributed by atoms with van der Waals surface area (Å²) in [4.78, 5) is 26.9. The van der Waals surface area contributed by atoms with E-state index in [0.29, 0.717) is 11.5 Å². The SMILES string of the molecule is CCCCC(NC(=O)c1ccnc(C(=O)O)c1)C1CCC1. The molecule has 0 radical (unpaired) electrons. The Hall–Kier alpha value is -1.91. The number of carbonyl (C=O) groups excluding carboxylic acids is 1. The largest absolute Gasteiger partial charge is 0.477 e. The lowest BCUT2D eigenvalue weighted by Crippen LogP contribution is -2.42. The Morgan fingerprint density at radius 1 is 1.48 bits per heavy atom. The Morgan fingerprint density at radius 3 is 2.81 bits per heavy atom.